The van der Waals surface area contributed by atoms with E-state index in [0.29, 0.717) is 0 Å². The number of aromatic nitrogens is 1. The van der Waals surface area contributed by atoms with Gasteiger partial charge in [-0.25, -0.2) is 0 Å². The van der Waals surface area contributed by atoms with Crippen LogP contribution in [0.2, 0.25) is 0 Å². The molecule has 1 aromatic heterocycles. The predicted octanol–water partition coefficient (Wildman–Crippen LogP) is 5.97. The average Bonchev–Trinajstić information content (AvgIpc) is 2.97. The molecule has 0 saturated heterocycles. The number of rotatable bonds is 7. The number of nitrogens with zero attached hydrogens (tertiary/aromatic N) is 1. The Bertz CT molecular complexity index is 568. The fourth-order valence-electron chi connectivity index (χ4n) is 1.96. The molecule has 21 heavy (non-hydrogen) atoms. The monoisotopic (exact) mass is 283 g/mol. The molecule has 0 amide bonds. The van der Waals surface area contributed by atoms with Crippen LogP contribution in [0.25, 0.3) is 11.1 Å². The second-order valence-corrected chi connectivity index (χ2v) is 4.58. The maximum absolute atomic E-state index is 5.22. The Hall–Kier alpha value is -2.09. The first-order valence-electron chi connectivity index (χ1n) is 7.55. The Morgan fingerprint density at radius 1 is 1.10 bits per heavy atom. The summed E-state index contributed by atoms with van der Waals surface area (Å²) in [6.45, 7) is 8.28. The maximum atomic E-state index is 5.22. The molecule has 0 spiro atoms. The number of allylic oxidation sites excluding steroid dienone is 10. The van der Waals surface area contributed by atoms with Crippen molar-refractivity contribution in [1.82, 2.24) is 5.16 Å². The molecule has 0 unspecified atom stereocenters. The van der Waals surface area contributed by atoms with Crippen molar-refractivity contribution in [3.8, 4) is 0 Å². The fraction of sp³-hybridized carbons (Fsp3) is 0.316. The van der Waals surface area contributed by atoms with Crippen LogP contribution >= 0.6 is 0 Å². The Kier molecular flexibility index (Phi) is 7.88. The van der Waals surface area contributed by atoms with Crippen LogP contribution in [0.5, 0.6) is 0 Å². The van der Waals surface area contributed by atoms with Gasteiger partial charge in [0, 0.05) is 11.1 Å². The summed E-state index contributed by atoms with van der Waals surface area (Å²) in [7, 11) is 0. The smallest absolute Gasteiger partial charge is 0.132 e. The third-order valence-corrected chi connectivity index (χ3v) is 3.00. The van der Waals surface area contributed by atoms with Crippen molar-refractivity contribution < 1.29 is 4.52 Å². The molecule has 0 bridgehead atoms. The summed E-state index contributed by atoms with van der Waals surface area (Å²) < 4.78 is 5.22. The van der Waals surface area contributed by atoms with E-state index < -0.39 is 0 Å². The van der Waals surface area contributed by atoms with Crippen LogP contribution in [0.4, 0.5) is 0 Å². The quantitative estimate of drug-likeness (QED) is 0.576. The van der Waals surface area contributed by atoms with E-state index in [1.54, 1.807) is 6.26 Å². The standard InChI is InChI=1S/C19H25NO/c1-5-9-11-14-16(8-4)19-18(15-21-20-19)17(12-7-3)13-10-6-2/h5,8-15H,6-7H2,1-4H3/b9-5-,13-10-,14-11-,16-8+,17-12+. The van der Waals surface area contributed by atoms with Crippen molar-refractivity contribution in [1.29, 1.82) is 0 Å². The van der Waals surface area contributed by atoms with Crippen LogP contribution < -0.4 is 0 Å². The summed E-state index contributed by atoms with van der Waals surface area (Å²) in [6.07, 6.45) is 20.3. The minimum absolute atomic E-state index is 0.888. The van der Waals surface area contributed by atoms with E-state index in [9.17, 15) is 0 Å². The number of hydrogen-bond acceptors (Lipinski definition) is 2. The van der Waals surface area contributed by atoms with Gasteiger partial charge in [0.2, 0.25) is 0 Å². The van der Waals surface area contributed by atoms with Crippen LogP contribution in [0, 0.1) is 0 Å². The molecular weight excluding hydrogens is 258 g/mol. The minimum atomic E-state index is 0.888. The van der Waals surface area contributed by atoms with E-state index in [-0.39, 0.29) is 0 Å². The van der Waals surface area contributed by atoms with Gasteiger partial charge in [-0.15, -0.1) is 0 Å². The largest absolute Gasteiger partial charge is 0.363 e. The van der Waals surface area contributed by atoms with Gasteiger partial charge in [0.15, 0.2) is 0 Å². The SMILES string of the molecule is C\C=C/C=C\C(=C/C)c1nocc1C(/C=C\CC)=C/CC. The molecule has 0 aromatic carbocycles. The van der Waals surface area contributed by atoms with E-state index in [1.807, 2.05) is 32.1 Å². The Morgan fingerprint density at radius 3 is 2.52 bits per heavy atom. The zero-order valence-corrected chi connectivity index (χ0v) is 13.5. The third-order valence-electron chi connectivity index (χ3n) is 3.00. The molecule has 1 rings (SSSR count). The molecular formula is C19H25NO. The van der Waals surface area contributed by atoms with Gasteiger partial charge in [-0.2, -0.15) is 0 Å². The van der Waals surface area contributed by atoms with E-state index in [0.717, 1.165) is 35.2 Å². The first kappa shape index (κ1) is 17.0. The van der Waals surface area contributed by atoms with Crippen LogP contribution in [-0.4, -0.2) is 5.16 Å². The zero-order valence-electron chi connectivity index (χ0n) is 13.5. The summed E-state index contributed by atoms with van der Waals surface area (Å²) in [4.78, 5) is 0. The van der Waals surface area contributed by atoms with Crippen molar-refractivity contribution in [2.75, 3.05) is 0 Å². The fourth-order valence-corrected chi connectivity index (χ4v) is 1.96. The Labute approximate surface area is 128 Å². The average molecular weight is 283 g/mol. The molecule has 0 aliphatic carbocycles. The lowest BCUT2D eigenvalue weighted by atomic mass is 10.00. The molecule has 0 radical (unpaired) electrons. The molecule has 2 heteroatoms. The first-order chi connectivity index (χ1) is 10.3. The molecule has 0 N–H and O–H groups in total. The molecule has 0 aliphatic heterocycles. The van der Waals surface area contributed by atoms with Crippen molar-refractivity contribution in [3.05, 3.63) is 66.1 Å². The van der Waals surface area contributed by atoms with Gasteiger partial charge in [-0.05, 0) is 32.3 Å². The van der Waals surface area contributed by atoms with Gasteiger partial charge in [-0.1, -0.05) is 67.6 Å². The molecule has 0 fully saturated rings. The highest BCUT2D eigenvalue weighted by molar-refractivity contribution is 5.84. The van der Waals surface area contributed by atoms with Crippen LogP contribution in [0.3, 0.4) is 0 Å². The highest BCUT2D eigenvalue weighted by Crippen LogP contribution is 2.27. The van der Waals surface area contributed by atoms with Gasteiger partial charge in [-0.3, -0.25) is 0 Å². The lowest BCUT2D eigenvalue weighted by Crippen LogP contribution is -1.88. The van der Waals surface area contributed by atoms with Crippen molar-refractivity contribution in [3.63, 3.8) is 0 Å². The summed E-state index contributed by atoms with van der Waals surface area (Å²) in [5, 5.41) is 4.18. The van der Waals surface area contributed by atoms with Crippen molar-refractivity contribution in [2.24, 2.45) is 0 Å². The maximum Gasteiger partial charge on any atom is 0.132 e. The van der Waals surface area contributed by atoms with E-state index in [1.165, 1.54) is 0 Å². The van der Waals surface area contributed by atoms with Gasteiger partial charge in [0.05, 0.1) is 0 Å². The summed E-state index contributed by atoms with van der Waals surface area (Å²) >= 11 is 0. The zero-order chi connectivity index (χ0) is 15.5. The highest BCUT2D eigenvalue weighted by atomic mass is 16.5. The number of hydrogen-bond donors (Lipinski definition) is 0. The normalized spacial score (nSPS) is 14.1. The molecule has 112 valence electrons. The second kappa shape index (κ2) is 9.76. The molecule has 1 aromatic rings. The van der Waals surface area contributed by atoms with E-state index in [4.69, 9.17) is 4.52 Å². The van der Waals surface area contributed by atoms with E-state index >= 15 is 0 Å². The van der Waals surface area contributed by atoms with Gasteiger partial charge < -0.3 is 4.52 Å². The van der Waals surface area contributed by atoms with Crippen LogP contribution in [0.1, 0.15) is 51.8 Å². The third kappa shape index (κ3) is 5.07. The molecule has 0 saturated carbocycles. The minimum Gasteiger partial charge on any atom is -0.363 e. The predicted molar refractivity (Wildman–Crippen MR) is 91.8 cm³/mol. The summed E-state index contributed by atoms with van der Waals surface area (Å²) in [5.74, 6) is 0. The molecule has 2 nitrogen and oxygen atoms in total. The lowest BCUT2D eigenvalue weighted by Gasteiger charge is -2.03. The van der Waals surface area contributed by atoms with Crippen LogP contribution in [0.15, 0.2) is 59.4 Å². The highest BCUT2D eigenvalue weighted by Gasteiger charge is 2.12. The molecule has 0 atom stereocenters. The summed E-state index contributed by atoms with van der Waals surface area (Å²) in [5.41, 5.74) is 4.15. The summed E-state index contributed by atoms with van der Waals surface area (Å²) in [6, 6.07) is 0. The first-order valence-corrected chi connectivity index (χ1v) is 7.55. The second-order valence-electron chi connectivity index (χ2n) is 4.58. The molecule has 1 heterocycles. The van der Waals surface area contributed by atoms with Crippen molar-refractivity contribution >= 4 is 11.1 Å². The Balaban J connectivity index is 3.20. The molecule has 0 aliphatic rings. The van der Waals surface area contributed by atoms with Gasteiger partial charge >= 0.3 is 0 Å². The topological polar surface area (TPSA) is 26.0 Å². The van der Waals surface area contributed by atoms with E-state index in [2.05, 4.69) is 49.4 Å². The van der Waals surface area contributed by atoms with Gasteiger partial charge in [0.25, 0.3) is 0 Å². The van der Waals surface area contributed by atoms with Crippen LogP contribution in [-0.2, 0) is 0 Å². The Morgan fingerprint density at radius 2 is 1.90 bits per heavy atom. The van der Waals surface area contributed by atoms with Gasteiger partial charge in [0.1, 0.15) is 12.0 Å². The lowest BCUT2D eigenvalue weighted by molar-refractivity contribution is 0.417. The van der Waals surface area contributed by atoms with Crippen molar-refractivity contribution in [2.45, 2.75) is 40.5 Å².